The lowest BCUT2D eigenvalue weighted by Crippen LogP contribution is -2.47. The summed E-state index contributed by atoms with van der Waals surface area (Å²) in [4.78, 5) is 18.0. The molecular weight excluding hydrogens is 522 g/mol. The predicted molar refractivity (Wildman–Crippen MR) is 167 cm³/mol. The first kappa shape index (κ1) is 26.7. The maximum Gasteiger partial charge on any atom is 0.318 e. The van der Waals surface area contributed by atoms with Gasteiger partial charge in [0, 0.05) is 42.3 Å². The van der Waals surface area contributed by atoms with E-state index in [9.17, 15) is 5.11 Å². The first-order chi connectivity index (χ1) is 20.6. The molecule has 4 fully saturated rings. The summed E-state index contributed by atoms with van der Waals surface area (Å²) < 4.78 is 6.61. The molecule has 1 saturated carbocycles. The first-order valence-electron chi connectivity index (χ1n) is 16.5. The molecule has 1 N–H and O–H groups in total. The fraction of sp³-hybridized carbons (Fsp3) is 0.600. The van der Waals surface area contributed by atoms with Crippen LogP contribution < -0.4 is 14.5 Å². The summed E-state index contributed by atoms with van der Waals surface area (Å²) in [6.45, 7) is 8.14. The number of aryl methyl sites for hydroxylation is 1. The fourth-order valence-electron chi connectivity index (χ4n) is 9.26. The molecule has 4 atom stereocenters. The van der Waals surface area contributed by atoms with Gasteiger partial charge in [-0.3, -0.25) is 4.90 Å². The van der Waals surface area contributed by atoms with E-state index < -0.39 is 0 Å². The number of fused-ring (bicyclic) bond motifs is 5. The van der Waals surface area contributed by atoms with E-state index in [1.54, 1.807) is 0 Å². The van der Waals surface area contributed by atoms with E-state index in [-0.39, 0.29) is 18.2 Å². The third kappa shape index (κ3) is 4.46. The molecule has 222 valence electrons. The van der Waals surface area contributed by atoms with Gasteiger partial charge in [-0.1, -0.05) is 37.3 Å². The molecule has 2 bridgehead atoms. The van der Waals surface area contributed by atoms with Gasteiger partial charge >= 0.3 is 6.01 Å². The second-order valence-corrected chi connectivity index (χ2v) is 13.7. The molecule has 3 saturated heterocycles. The highest BCUT2D eigenvalue weighted by atomic mass is 16.5. The van der Waals surface area contributed by atoms with Crippen molar-refractivity contribution < 1.29 is 9.84 Å². The minimum atomic E-state index is 0.0165. The van der Waals surface area contributed by atoms with Crippen LogP contribution in [0.1, 0.15) is 68.7 Å². The van der Waals surface area contributed by atoms with Gasteiger partial charge in [-0.25, -0.2) is 0 Å². The number of benzene rings is 2. The van der Waals surface area contributed by atoms with Gasteiger partial charge in [0.1, 0.15) is 12.4 Å². The lowest BCUT2D eigenvalue weighted by Gasteiger charge is -2.38. The van der Waals surface area contributed by atoms with Gasteiger partial charge in [0.05, 0.1) is 24.4 Å². The van der Waals surface area contributed by atoms with Crippen molar-refractivity contribution in [2.24, 2.45) is 11.8 Å². The Kier molecular flexibility index (Phi) is 6.79. The van der Waals surface area contributed by atoms with Gasteiger partial charge < -0.3 is 19.6 Å². The van der Waals surface area contributed by atoms with Crippen molar-refractivity contribution in [1.29, 1.82) is 0 Å². The highest BCUT2D eigenvalue weighted by molar-refractivity contribution is 5.97. The zero-order valence-corrected chi connectivity index (χ0v) is 25.1. The predicted octanol–water partition coefficient (Wildman–Crippen LogP) is 5.36. The number of aliphatic hydroxyl groups is 1. The zero-order chi connectivity index (χ0) is 28.3. The van der Waals surface area contributed by atoms with Crippen LogP contribution in [0.2, 0.25) is 0 Å². The van der Waals surface area contributed by atoms with Crippen LogP contribution in [0.4, 0.5) is 11.5 Å². The number of nitrogens with zero attached hydrogens (tertiary/aromatic N) is 5. The Labute approximate surface area is 249 Å². The van der Waals surface area contributed by atoms with Crippen LogP contribution in [0.15, 0.2) is 36.4 Å². The van der Waals surface area contributed by atoms with Gasteiger partial charge in [0.15, 0.2) is 0 Å². The summed E-state index contributed by atoms with van der Waals surface area (Å²) >= 11 is 0. The zero-order valence-electron chi connectivity index (χ0n) is 25.1. The Morgan fingerprint density at radius 3 is 2.62 bits per heavy atom. The second kappa shape index (κ2) is 10.7. The van der Waals surface area contributed by atoms with Crippen LogP contribution in [0.3, 0.4) is 0 Å². The third-order valence-corrected chi connectivity index (χ3v) is 11.3. The smallest absolute Gasteiger partial charge is 0.318 e. The maximum atomic E-state index is 9.97. The molecule has 8 rings (SSSR count). The van der Waals surface area contributed by atoms with Crippen molar-refractivity contribution in [3.8, 4) is 6.01 Å². The molecule has 5 heterocycles. The monoisotopic (exact) mass is 567 g/mol. The number of aromatic nitrogens is 2. The highest BCUT2D eigenvalue weighted by Crippen LogP contribution is 2.44. The first-order valence-corrected chi connectivity index (χ1v) is 16.5. The van der Waals surface area contributed by atoms with Gasteiger partial charge in [-0.15, -0.1) is 0 Å². The third-order valence-electron chi connectivity index (χ3n) is 11.3. The van der Waals surface area contributed by atoms with Gasteiger partial charge in [0.25, 0.3) is 0 Å². The summed E-state index contributed by atoms with van der Waals surface area (Å²) in [5.74, 6) is 2.72. The molecule has 5 aliphatic rings. The van der Waals surface area contributed by atoms with Crippen molar-refractivity contribution in [3.63, 3.8) is 0 Å². The molecule has 1 aromatic heterocycles. The van der Waals surface area contributed by atoms with Crippen LogP contribution in [-0.2, 0) is 19.4 Å². The molecule has 42 heavy (non-hydrogen) atoms. The molecule has 0 radical (unpaired) electrons. The Morgan fingerprint density at radius 2 is 1.81 bits per heavy atom. The molecule has 7 nitrogen and oxygen atoms in total. The molecule has 2 aromatic carbocycles. The van der Waals surface area contributed by atoms with E-state index in [0.717, 1.165) is 88.2 Å². The molecule has 0 spiro atoms. The fourth-order valence-corrected chi connectivity index (χ4v) is 9.26. The van der Waals surface area contributed by atoms with E-state index in [1.807, 2.05) is 0 Å². The van der Waals surface area contributed by atoms with Crippen molar-refractivity contribution in [2.75, 3.05) is 49.2 Å². The number of hydrogen-bond acceptors (Lipinski definition) is 7. The Balaban J connectivity index is 1.14. The van der Waals surface area contributed by atoms with Crippen molar-refractivity contribution in [1.82, 2.24) is 14.9 Å². The summed E-state index contributed by atoms with van der Waals surface area (Å²) in [6, 6.07) is 14.2. The molecule has 7 heteroatoms. The van der Waals surface area contributed by atoms with Crippen molar-refractivity contribution in [2.45, 2.75) is 82.8 Å². The number of piperidine rings is 1. The maximum absolute atomic E-state index is 9.97. The van der Waals surface area contributed by atoms with E-state index in [2.05, 4.69) is 58.0 Å². The minimum Gasteiger partial charge on any atom is -0.461 e. The van der Waals surface area contributed by atoms with Gasteiger partial charge in [-0.05, 0) is 93.2 Å². The molecular formula is C35H45N5O2. The second-order valence-electron chi connectivity index (χ2n) is 13.7. The Morgan fingerprint density at radius 1 is 0.976 bits per heavy atom. The summed E-state index contributed by atoms with van der Waals surface area (Å²) in [5.41, 5.74) is 5.20. The van der Waals surface area contributed by atoms with E-state index in [0.29, 0.717) is 12.6 Å². The summed E-state index contributed by atoms with van der Waals surface area (Å²) in [5, 5.41) is 12.7. The number of rotatable bonds is 7. The largest absolute Gasteiger partial charge is 0.461 e. The summed E-state index contributed by atoms with van der Waals surface area (Å²) in [6.07, 6.45) is 10.5. The Hall–Kier alpha value is -2.90. The molecule has 3 aromatic rings. The lowest BCUT2D eigenvalue weighted by molar-refractivity contribution is 0.0642. The average Bonchev–Trinajstić information content (AvgIpc) is 3.71. The van der Waals surface area contributed by atoms with Crippen LogP contribution in [0.25, 0.3) is 10.8 Å². The minimum absolute atomic E-state index is 0.0165. The van der Waals surface area contributed by atoms with Gasteiger partial charge in [-0.2, -0.15) is 9.97 Å². The Bertz CT molecular complexity index is 1460. The SMILES string of the molecule is CCc1cccc2cccc(N3CCc4c(nc(OCC56CCCN5[C@@H](CO)CC6)nc4N4CC5CCC(C5)C4)C3)c12. The number of anilines is 2. The van der Waals surface area contributed by atoms with E-state index in [4.69, 9.17) is 14.7 Å². The van der Waals surface area contributed by atoms with Crippen molar-refractivity contribution >= 4 is 22.3 Å². The van der Waals surface area contributed by atoms with Crippen LogP contribution in [-0.4, -0.2) is 70.9 Å². The van der Waals surface area contributed by atoms with E-state index in [1.165, 1.54) is 53.3 Å². The van der Waals surface area contributed by atoms with Crippen molar-refractivity contribution in [3.05, 3.63) is 53.2 Å². The average molecular weight is 568 g/mol. The number of aliphatic hydroxyl groups excluding tert-OH is 1. The molecule has 1 aliphatic carbocycles. The molecule has 3 unspecified atom stereocenters. The molecule has 0 amide bonds. The highest BCUT2D eigenvalue weighted by Gasteiger charge is 2.49. The number of ether oxygens (including phenoxy) is 1. The summed E-state index contributed by atoms with van der Waals surface area (Å²) in [7, 11) is 0. The number of hydrogen-bond donors (Lipinski definition) is 1. The van der Waals surface area contributed by atoms with E-state index >= 15 is 0 Å². The topological polar surface area (TPSA) is 65.0 Å². The molecule has 4 aliphatic heterocycles. The quantitative estimate of drug-likeness (QED) is 0.412. The van der Waals surface area contributed by atoms with Gasteiger partial charge in [0.2, 0.25) is 0 Å². The lowest BCUT2D eigenvalue weighted by atomic mass is 9.95. The van der Waals surface area contributed by atoms with Crippen LogP contribution in [0.5, 0.6) is 6.01 Å². The standard InChI is InChI=1S/C35H45N5O2/c1-2-26-6-3-7-27-8-4-9-31(32(26)27)38-17-13-29-30(21-38)36-34(37-33(29)39-19-24-10-11-25(18-24)20-39)42-23-35-14-5-16-40(35)28(22-41)12-15-35/h3-4,6-9,24-25,28,41H,2,5,10-23H2,1H3/t24?,25?,28-,35?/m1/s1. The van der Waals surface area contributed by atoms with Crippen LogP contribution >= 0.6 is 0 Å². The van der Waals surface area contributed by atoms with Crippen LogP contribution in [0, 0.1) is 11.8 Å². The normalized spacial score (nSPS) is 28.9.